The maximum Gasteiger partial charge on any atom is 0.306 e. The largest absolute Gasteiger partial charge is 0.481 e. The molecule has 0 spiro atoms. The number of aliphatic carboxylic acids is 1. The molecule has 4 aliphatic rings. The number of amides is 1. The molecule has 2 aromatic carbocycles. The molecule has 1 aromatic heterocycles. The number of ether oxygens (including phenoxy) is 2. The SMILES string of the molecule is O=C(Nc1cc(F)c(CC(=O)C(OC2CCC(C(=O)O)CC2)(N2CCCC2)N2CC(N3CCOCC3)C2)cc1Cl)c1csc2ccccc12. The van der Waals surface area contributed by atoms with Crippen molar-refractivity contribution < 1.29 is 33.4 Å². The van der Waals surface area contributed by atoms with Crippen molar-refractivity contribution in [3.8, 4) is 0 Å². The van der Waals surface area contributed by atoms with Gasteiger partial charge in [0.05, 0.1) is 41.5 Å². The number of rotatable bonds is 11. The first kappa shape index (κ1) is 34.5. The van der Waals surface area contributed by atoms with E-state index in [1.54, 1.807) is 5.38 Å². The van der Waals surface area contributed by atoms with E-state index < -0.39 is 29.5 Å². The summed E-state index contributed by atoms with van der Waals surface area (Å²) in [6, 6.07) is 10.4. The molecule has 1 atom stereocenters. The maximum atomic E-state index is 15.9. The number of carboxylic acids is 1. The molecular weight excluding hydrogens is 671 g/mol. The van der Waals surface area contributed by atoms with Gasteiger partial charge in [0.15, 0.2) is 5.78 Å². The van der Waals surface area contributed by atoms with Crippen LogP contribution in [0.1, 0.15) is 54.4 Å². The van der Waals surface area contributed by atoms with E-state index in [1.807, 2.05) is 24.3 Å². The van der Waals surface area contributed by atoms with E-state index >= 15 is 4.39 Å². The van der Waals surface area contributed by atoms with Gasteiger partial charge >= 0.3 is 5.97 Å². The molecule has 1 amide bonds. The van der Waals surface area contributed by atoms with Crippen LogP contribution in [-0.2, 0) is 25.5 Å². The topological polar surface area (TPSA) is 112 Å². The standard InChI is InChI=1S/C36H42ClFN4O6S/c37-29-17-24(30(38)19-31(29)39-34(44)28-22-49-32-6-2-1-5-27(28)32)18-33(43)36(41-11-3-4-12-41,48-26-9-7-23(8-10-26)35(45)46)42-20-25(21-42)40-13-15-47-16-14-40/h1-2,5-6,17,19,22-23,25-26H,3-4,7-16,18,20-21H2,(H,39,44)(H,45,46). The Morgan fingerprint density at radius 2 is 1.73 bits per heavy atom. The van der Waals surface area contributed by atoms with E-state index in [4.69, 9.17) is 21.1 Å². The molecule has 1 unspecified atom stereocenters. The number of nitrogens with zero attached hydrogens (tertiary/aromatic N) is 3. The maximum absolute atomic E-state index is 15.9. The Morgan fingerprint density at radius 1 is 1.02 bits per heavy atom. The molecule has 1 saturated carbocycles. The number of thiophene rings is 1. The number of fused-ring (bicyclic) bond motifs is 1. The minimum Gasteiger partial charge on any atom is -0.481 e. The highest BCUT2D eigenvalue weighted by Crippen LogP contribution is 2.39. The number of nitrogens with one attached hydrogen (secondary N) is 1. The third kappa shape index (κ3) is 7.01. The van der Waals surface area contributed by atoms with E-state index in [9.17, 15) is 19.5 Å². The van der Waals surface area contributed by atoms with E-state index in [1.165, 1.54) is 23.5 Å². The summed E-state index contributed by atoms with van der Waals surface area (Å²) in [6.07, 6.45) is 3.32. The van der Waals surface area contributed by atoms with Gasteiger partial charge in [-0.1, -0.05) is 29.8 Å². The summed E-state index contributed by atoms with van der Waals surface area (Å²) in [5, 5.41) is 15.0. The van der Waals surface area contributed by atoms with Crippen LogP contribution in [0.25, 0.3) is 10.1 Å². The van der Waals surface area contributed by atoms with Crippen molar-refractivity contribution in [3.05, 3.63) is 63.7 Å². The molecule has 1 aliphatic carbocycles. The van der Waals surface area contributed by atoms with Crippen molar-refractivity contribution in [1.29, 1.82) is 0 Å². The number of benzene rings is 2. The minimum absolute atomic E-state index is 0.126. The highest BCUT2D eigenvalue weighted by Gasteiger charge is 2.56. The van der Waals surface area contributed by atoms with E-state index in [2.05, 4.69) is 20.0 Å². The average molecular weight is 713 g/mol. The molecule has 10 nitrogen and oxygen atoms in total. The number of carboxylic acid groups (broad SMARTS) is 1. The van der Waals surface area contributed by atoms with Crippen molar-refractivity contribution in [1.82, 2.24) is 14.7 Å². The van der Waals surface area contributed by atoms with Gasteiger partial charge in [0.1, 0.15) is 5.82 Å². The summed E-state index contributed by atoms with van der Waals surface area (Å²) >= 11 is 8.10. The van der Waals surface area contributed by atoms with Gasteiger partial charge in [0.2, 0.25) is 5.85 Å². The van der Waals surface area contributed by atoms with Crippen LogP contribution >= 0.6 is 22.9 Å². The Labute approximate surface area is 294 Å². The molecule has 262 valence electrons. The van der Waals surface area contributed by atoms with Crippen LogP contribution in [0.3, 0.4) is 0 Å². The highest BCUT2D eigenvalue weighted by atomic mass is 35.5. The van der Waals surface area contributed by atoms with Gasteiger partial charge in [0.25, 0.3) is 5.91 Å². The summed E-state index contributed by atoms with van der Waals surface area (Å²) < 4.78 is 29.3. The second-order valence-electron chi connectivity index (χ2n) is 13.6. The quantitative estimate of drug-likeness (QED) is 0.267. The Kier molecular flexibility index (Phi) is 10.4. The third-order valence-electron chi connectivity index (χ3n) is 10.6. The minimum atomic E-state index is -1.41. The van der Waals surface area contributed by atoms with Crippen LogP contribution in [0.2, 0.25) is 5.02 Å². The molecule has 4 heterocycles. The average Bonchev–Trinajstić information content (AvgIpc) is 3.78. The molecule has 3 aliphatic heterocycles. The lowest BCUT2D eigenvalue weighted by Crippen LogP contribution is -2.76. The van der Waals surface area contributed by atoms with Gasteiger partial charge in [-0.05, 0) is 62.3 Å². The molecule has 49 heavy (non-hydrogen) atoms. The van der Waals surface area contributed by atoms with Gasteiger partial charge in [-0.2, -0.15) is 0 Å². The number of hydrogen-bond donors (Lipinski definition) is 2. The summed E-state index contributed by atoms with van der Waals surface area (Å²) in [6.45, 7) is 5.60. The first-order valence-corrected chi connectivity index (χ1v) is 18.5. The summed E-state index contributed by atoms with van der Waals surface area (Å²) in [5.41, 5.74) is 0.733. The van der Waals surface area contributed by atoms with Gasteiger partial charge in [-0.25, -0.2) is 4.39 Å². The van der Waals surface area contributed by atoms with Crippen molar-refractivity contribution in [2.45, 2.75) is 62.9 Å². The van der Waals surface area contributed by atoms with E-state index in [-0.39, 0.29) is 40.6 Å². The van der Waals surface area contributed by atoms with E-state index in [0.29, 0.717) is 70.6 Å². The first-order chi connectivity index (χ1) is 23.7. The smallest absolute Gasteiger partial charge is 0.306 e. The van der Waals surface area contributed by atoms with Gasteiger partial charge in [-0.3, -0.25) is 29.1 Å². The third-order valence-corrected chi connectivity index (χ3v) is 11.8. The zero-order chi connectivity index (χ0) is 34.1. The van der Waals surface area contributed by atoms with Gasteiger partial charge in [-0.15, -0.1) is 11.3 Å². The Hall–Kier alpha value is -2.97. The summed E-state index contributed by atoms with van der Waals surface area (Å²) in [4.78, 5) is 46.2. The van der Waals surface area contributed by atoms with Crippen LogP contribution in [0.5, 0.6) is 0 Å². The number of halogens is 2. The molecule has 0 bridgehead atoms. The van der Waals surface area contributed by atoms with Gasteiger partial charge in [0, 0.05) is 67.2 Å². The number of morpholine rings is 1. The number of carbonyl (C=O) groups excluding carboxylic acids is 2. The molecule has 0 radical (unpaired) electrons. The Bertz CT molecular complexity index is 1700. The van der Waals surface area contributed by atoms with Crippen LogP contribution < -0.4 is 5.32 Å². The molecule has 7 rings (SSSR count). The van der Waals surface area contributed by atoms with Crippen LogP contribution in [0.15, 0.2) is 41.8 Å². The molecule has 4 fully saturated rings. The van der Waals surface area contributed by atoms with Crippen molar-refractivity contribution >= 4 is 56.4 Å². The monoisotopic (exact) mass is 712 g/mol. The summed E-state index contributed by atoms with van der Waals surface area (Å²) in [7, 11) is 0. The predicted molar refractivity (Wildman–Crippen MR) is 186 cm³/mol. The van der Waals surface area contributed by atoms with Crippen LogP contribution in [0, 0.1) is 11.7 Å². The lowest BCUT2D eigenvalue weighted by Gasteiger charge is -2.57. The van der Waals surface area contributed by atoms with Crippen LogP contribution in [0.4, 0.5) is 10.1 Å². The zero-order valence-corrected chi connectivity index (χ0v) is 28.9. The number of ketones is 1. The zero-order valence-electron chi connectivity index (χ0n) is 27.4. The Morgan fingerprint density at radius 3 is 2.45 bits per heavy atom. The van der Waals surface area contributed by atoms with Crippen molar-refractivity contribution in [3.63, 3.8) is 0 Å². The molecule has 13 heteroatoms. The second kappa shape index (κ2) is 14.7. The number of carbonyl (C=O) groups is 3. The molecule has 3 saturated heterocycles. The van der Waals surface area contributed by atoms with Gasteiger partial charge < -0.3 is 19.9 Å². The van der Waals surface area contributed by atoms with E-state index in [0.717, 1.165) is 36.0 Å². The number of Topliss-reactive ketones (excluding diaryl/α,β-unsaturated/α-hetero) is 1. The fraction of sp³-hybridized carbons (Fsp3) is 0.528. The first-order valence-electron chi connectivity index (χ1n) is 17.2. The summed E-state index contributed by atoms with van der Waals surface area (Å²) in [5.74, 6) is -3.94. The predicted octanol–water partition coefficient (Wildman–Crippen LogP) is 5.48. The lowest BCUT2D eigenvalue weighted by molar-refractivity contribution is -0.277. The molecular formula is C36H42ClFN4O6S. The number of likely N-dealkylation sites (tertiary alicyclic amines) is 2. The lowest BCUT2D eigenvalue weighted by atomic mass is 9.87. The highest BCUT2D eigenvalue weighted by molar-refractivity contribution is 7.17. The second-order valence-corrected chi connectivity index (χ2v) is 14.9. The molecule has 2 N–H and O–H groups in total. The van der Waals surface area contributed by atoms with Crippen LogP contribution in [-0.4, -0.2) is 108 Å². The fourth-order valence-corrected chi connectivity index (χ4v) is 8.95. The number of hydrogen-bond acceptors (Lipinski definition) is 9. The van der Waals surface area contributed by atoms with Crippen molar-refractivity contribution in [2.24, 2.45) is 5.92 Å². The fourth-order valence-electron chi connectivity index (χ4n) is 7.77. The normalized spacial score (nSPS) is 24.0. The molecule has 3 aromatic rings. The Balaban J connectivity index is 1.14. The van der Waals surface area contributed by atoms with Crippen molar-refractivity contribution in [2.75, 3.05) is 57.8 Å². The number of anilines is 1.